The van der Waals surface area contributed by atoms with Gasteiger partial charge in [-0.2, -0.15) is 0 Å². The Morgan fingerprint density at radius 2 is 1.92 bits per heavy atom. The molecular weight excluding hydrogens is 172 g/mol. The molecule has 1 saturated heterocycles. The zero-order valence-corrected chi connectivity index (χ0v) is 7.74. The van der Waals surface area contributed by atoms with Crippen molar-refractivity contribution in [2.45, 2.75) is 6.92 Å². The third-order valence-electron chi connectivity index (χ3n) is 1.89. The fourth-order valence-corrected chi connectivity index (χ4v) is 1.18. The standard InChI is InChI=1S/C8H12N2O3/c1-6(11)3-10-5-7(12)9(2)4-8(10)13/h3-5H2,1-2H3. The van der Waals surface area contributed by atoms with Crippen molar-refractivity contribution in [3.63, 3.8) is 0 Å². The zero-order valence-electron chi connectivity index (χ0n) is 7.74. The maximum absolute atomic E-state index is 11.3. The minimum Gasteiger partial charge on any atom is -0.335 e. The first-order chi connectivity index (χ1) is 6.00. The van der Waals surface area contributed by atoms with Crippen LogP contribution in [0.15, 0.2) is 0 Å². The number of rotatable bonds is 2. The minimum atomic E-state index is -0.169. The molecule has 0 spiro atoms. The predicted molar refractivity (Wildman–Crippen MR) is 44.9 cm³/mol. The molecule has 13 heavy (non-hydrogen) atoms. The molecular formula is C8H12N2O3. The molecule has 5 nitrogen and oxygen atoms in total. The molecule has 72 valence electrons. The van der Waals surface area contributed by atoms with Crippen molar-refractivity contribution in [3.8, 4) is 0 Å². The SMILES string of the molecule is CC(=O)CN1CC(=O)N(C)CC1=O. The van der Waals surface area contributed by atoms with Gasteiger partial charge in [-0.1, -0.05) is 0 Å². The fourth-order valence-electron chi connectivity index (χ4n) is 1.18. The molecule has 1 rings (SSSR count). The molecule has 0 unspecified atom stereocenters. The Labute approximate surface area is 76.3 Å². The number of hydrogen-bond acceptors (Lipinski definition) is 3. The van der Waals surface area contributed by atoms with Gasteiger partial charge in [0.05, 0.1) is 13.1 Å². The van der Waals surface area contributed by atoms with E-state index >= 15 is 0 Å². The van der Waals surface area contributed by atoms with Crippen LogP contribution in [0.2, 0.25) is 0 Å². The number of carbonyl (C=O) groups excluding carboxylic acids is 3. The summed E-state index contributed by atoms with van der Waals surface area (Å²) in [5, 5.41) is 0. The maximum Gasteiger partial charge on any atom is 0.243 e. The normalized spacial score (nSPS) is 18.0. The highest BCUT2D eigenvalue weighted by Crippen LogP contribution is 2.01. The molecule has 0 aliphatic carbocycles. The highest BCUT2D eigenvalue weighted by atomic mass is 16.2. The summed E-state index contributed by atoms with van der Waals surface area (Å²) in [7, 11) is 1.57. The van der Waals surface area contributed by atoms with Crippen molar-refractivity contribution >= 4 is 17.6 Å². The van der Waals surface area contributed by atoms with Crippen LogP contribution in [0, 0.1) is 0 Å². The topological polar surface area (TPSA) is 57.7 Å². The van der Waals surface area contributed by atoms with Crippen LogP contribution in [0.1, 0.15) is 6.92 Å². The van der Waals surface area contributed by atoms with Gasteiger partial charge in [-0.15, -0.1) is 0 Å². The van der Waals surface area contributed by atoms with Gasteiger partial charge in [0, 0.05) is 7.05 Å². The summed E-state index contributed by atoms with van der Waals surface area (Å²) in [6.07, 6.45) is 0. The lowest BCUT2D eigenvalue weighted by atomic mass is 10.3. The van der Waals surface area contributed by atoms with Gasteiger partial charge in [0.1, 0.15) is 12.3 Å². The molecule has 2 amide bonds. The zero-order chi connectivity index (χ0) is 10.0. The lowest BCUT2D eigenvalue weighted by Gasteiger charge is -2.30. The molecule has 0 atom stereocenters. The predicted octanol–water partition coefficient (Wildman–Crippen LogP) is -1.12. The van der Waals surface area contributed by atoms with Gasteiger partial charge in [0.25, 0.3) is 0 Å². The van der Waals surface area contributed by atoms with E-state index in [1.54, 1.807) is 7.05 Å². The Morgan fingerprint density at radius 3 is 2.46 bits per heavy atom. The average molecular weight is 184 g/mol. The van der Waals surface area contributed by atoms with E-state index in [2.05, 4.69) is 0 Å². The molecule has 0 radical (unpaired) electrons. The smallest absolute Gasteiger partial charge is 0.243 e. The van der Waals surface area contributed by atoms with Crippen LogP contribution in [0.3, 0.4) is 0 Å². The number of hydrogen-bond donors (Lipinski definition) is 0. The van der Waals surface area contributed by atoms with Crippen molar-refractivity contribution in [2.75, 3.05) is 26.7 Å². The molecule has 5 heteroatoms. The number of carbonyl (C=O) groups is 3. The molecule has 0 saturated carbocycles. The Balaban J connectivity index is 2.61. The summed E-state index contributed by atoms with van der Waals surface area (Å²) < 4.78 is 0. The summed E-state index contributed by atoms with van der Waals surface area (Å²) in [6.45, 7) is 1.54. The summed E-state index contributed by atoms with van der Waals surface area (Å²) in [4.78, 5) is 35.8. The minimum absolute atomic E-state index is 0.0227. The van der Waals surface area contributed by atoms with Crippen LogP contribution in [-0.2, 0) is 14.4 Å². The van der Waals surface area contributed by atoms with Crippen molar-refractivity contribution in [1.82, 2.24) is 9.80 Å². The molecule has 1 heterocycles. The van der Waals surface area contributed by atoms with E-state index in [4.69, 9.17) is 0 Å². The van der Waals surface area contributed by atoms with Gasteiger partial charge in [0.15, 0.2) is 0 Å². The van der Waals surface area contributed by atoms with Crippen molar-refractivity contribution in [3.05, 3.63) is 0 Å². The lowest BCUT2D eigenvalue weighted by molar-refractivity contribution is -0.149. The van der Waals surface area contributed by atoms with E-state index in [-0.39, 0.29) is 37.2 Å². The van der Waals surface area contributed by atoms with Crippen molar-refractivity contribution < 1.29 is 14.4 Å². The Kier molecular flexibility index (Phi) is 2.65. The van der Waals surface area contributed by atoms with Crippen LogP contribution in [-0.4, -0.2) is 54.1 Å². The van der Waals surface area contributed by atoms with Crippen LogP contribution in [0.25, 0.3) is 0 Å². The first-order valence-corrected chi connectivity index (χ1v) is 4.02. The first-order valence-electron chi connectivity index (χ1n) is 4.02. The van der Waals surface area contributed by atoms with Crippen LogP contribution in [0.4, 0.5) is 0 Å². The number of Topliss-reactive ketones (excluding diaryl/α,β-unsaturated/α-hetero) is 1. The van der Waals surface area contributed by atoms with Gasteiger partial charge in [0.2, 0.25) is 11.8 Å². The van der Waals surface area contributed by atoms with Gasteiger partial charge in [-0.25, -0.2) is 0 Å². The molecule has 1 aliphatic heterocycles. The largest absolute Gasteiger partial charge is 0.335 e. The molecule has 0 aromatic rings. The van der Waals surface area contributed by atoms with Gasteiger partial charge < -0.3 is 9.80 Å². The summed E-state index contributed by atoms with van der Waals surface area (Å²) in [5.74, 6) is -0.399. The van der Waals surface area contributed by atoms with Gasteiger partial charge >= 0.3 is 0 Å². The first kappa shape index (κ1) is 9.70. The monoisotopic (exact) mass is 184 g/mol. The third kappa shape index (κ3) is 2.27. The van der Waals surface area contributed by atoms with Crippen molar-refractivity contribution in [2.24, 2.45) is 0 Å². The van der Waals surface area contributed by atoms with Crippen molar-refractivity contribution in [1.29, 1.82) is 0 Å². The van der Waals surface area contributed by atoms with Gasteiger partial charge in [-0.05, 0) is 6.92 Å². The average Bonchev–Trinajstić information content (AvgIpc) is 1.99. The number of likely N-dealkylation sites (N-methyl/N-ethyl adjacent to an activating group) is 1. The Hall–Kier alpha value is -1.39. The van der Waals surface area contributed by atoms with E-state index in [0.29, 0.717) is 0 Å². The summed E-state index contributed by atoms with van der Waals surface area (Å²) >= 11 is 0. The van der Waals surface area contributed by atoms with Crippen LogP contribution >= 0.6 is 0 Å². The second-order valence-corrected chi connectivity index (χ2v) is 3.20. The van der Waals surface area contributed by atoms with E-state index in [9.17, 15) is 14.4 Å². The van der Waals surface area contributed by atoms with E-state index in [1.807, 2.05) is 0 Å². The third-order valence-corrected chi connectivity index (χ3v) is 1.89. The van der Waals surface area contributed by atoms with Crippen LogP contribution < -0.4 is 0 Å². The molecule has 0 aromatic heterocycles. The highest BCUT2D eigenvalue weighted by molar-refractivity contribution is 5.94. The summed E-state index contributed by atoms with van der Waals surface area (Å²) in [5.41, 5.74) is 0. The quantitative estimate of drug-likeness (QED) is 0.546. The molecule has 0 N–H and O–H groups in total. The molecule has 1 aliphatic rings. The number of nitrogens with zero attached hydrogens (tertiary/aromatic N) is 2. The second kappa shape index (κ2) is 3.55. The Bertz CT molecular complexity index is 262. The highest BCUT2D eigenvalue weighted by Gasteiger charge is 2.27. The van der Waals surface area contributed by atoms with Gasteiger partial charge in [-0.3, -0.25) is 14.4 Å². The molecule has 0 aromatic carbocycles. The van der Waals surface area contributed by atoms with Crippen LogP contribution in [0.5, 0.6) is 0 Å². The number of piperazine rings is 1. The summed E-state index contributed by atoms with van der Waals surface area (Å²) in [6, 6.07) is 0. The van der Waals surface area contributed by atoms with E-state index < -0.39 is 0 Å². The fraction of sp³-hybridized carbons (Fsp3) is 0.625. The number of amides is 2. The van der Waals surface area contributed by atoms with E-state index in [0.717, 1.165) is 0 Å². The molecule has 1 fully saturated rings. The Morgan fingerprint density at radius 1 is 1.31 bits per heavy atom. The second-order valence-electron chi connectivity index (χ2n) is 3.20. The number of ketones is 1. The van der Waals surface area contributed by atoms with E-state index in [1.165, 1.54) is 16.7 Å². The maximum atomic E-state index is 11.3. The lowest BCUT2D eigenvalue weighted by Crippen LogP contribution is -2.53. The molecule has 0 bridgehead atoms.